The maximum absolute atomic E-state index is 9.03. The number of nitrogens with two attached hydrogens (primary N) is 1. The predicted molar refractivity (Wildman–Crippen MR) is 29.4 cm³/mol. The van der Waals surface area contributed by atoms with Crippen molar-refractivity contribution in [2.24, 2.45) is 5.73 Å². The lowest BCUT2D eigenvalue weighted by molar-refractivity contribution is 0.0487. The molecular formula is C5H11NO2. The maximum Gasteiger partial charge on any atom is 0.0956 e. The van der Waals surface area contributed by atoms with Gasteiger partial charge in [-0.05, 0) is 6.42 Å². The van der Waals surface area contributed by atoms with Gasteiger partial charge in [0.2, 0.25) is 0 Å². The lowest BCUT2D eigenvalue weighted by Crippen LogP contribution is -2.29. The Morgan fingerprint density at radius 1 is 2.00 bits per heavy atom. The van der Waals surface area contributed by atoms with E-state index < -0.39 is 12.7 Å². The van der Waals surface area contributed by atoms with E-state index in [1.807, 2.05) is 0 Å². The van der Waals surface area contributed by atoms with Crippen molar-refractivity contribution in [2.75, 3.05) is 13.1 Å². The molecule has 0 saturated carbocycles. The van der Waals surface area contributed by atoms with Gasteiger partial charge in [0.1, 0.15) is 0 Å². The van der Waals surface area contributed by atoms with Gasteiger partial charge in [-0.1, -0.05) is 0 Å². The summed E-state index contributed by atoms with van der Waals surface area (Å²) in [6, 6.07) is 0. The Morgan fingerprint density at radius 3 is 3.00 bits per heavy atom. The number of aliphatic hydroxyl groups excluding tert-OH is 1. The molecule has 1 saturated heterocycles. The monoisotopic (exact) mass is 119 g/mol. The molecule has 3 N–H and O–H groups in total. The molecule has 8 heavy (non-hydrogen) atoms. The highest BCUT2D eigenvalue weighted by Crippen LogP contribution is 2.10. The smallest absolute Gasteiger partial charge is 0.0956 e. The third-order valence-electron chi connectivity index (χ3n) is 1.27. The Balaban J connectivity index is 2.38. The van der Waals surface area contributed by atoms with Crippen LogP contribution in [-0.4, -0.2) is 30.4 Å². The highest BCUT2D eigenvalue weighted by atomic mass is 16.5. The van der Waals surface area contributed by atoms with Crippen LogP contribution in [0.15, 0.2) is 0 Å². The number of aliphatic hydroxyl groups is 1. The van der Waals surface area contributed by atoms with Gasteiger partial charge >= 0.3 is 0 Å². The molecule has 0 spiro atoms. The summed E-state index contributed by atoms with van der Waals surface area (Å²) >= 11 is 0. The molecule has 0 aliphatic carbocycles. The number of rotatable bonds is 1. The van der Waals surface area contributed by atoms with Gasteiger partial charge in [-0.15, -0.1) is 0 Å². The van der Waals surface area contributed by atoms with Crippen LogP contribution in [0.4, 0.5) is 0 Å². The summed E-state index contributed by atoms with van der Waals surface area (Å²) in [5.74, 6) is 0. The van der Waals surface area contributed by atoms with Gasteiger partial charge in [0.25, 0.3) is 0 Å². The normalized spacial score (nSPS) is 49.2. The van der Waals surface area contributed by atoms with E-state index in [0.29, 0.717) is 13.0 Å². The summed E-state index contributed by atoms with van der Waals surface area (Å²) in [7, 11) is 0. The number of hydrogen-bond donors (Lipinski definition) is 2. The second-order valence-corrected chi connectivity index (χ2v) is 1.88. The fourth-order valence-corrected chi connectivity index (χ4v) is 0.733. The van der Waals surface area contributed by atoms with Crippen molar-refractivity contribution in [1.29, 1.82) is 0 Å². The van der Waals surface area contributed by atoms with E-state index in [1.54, 1.807) is 0 Å². The maximum atomic E-state index is 9.03. The average molecular weight is 119 g/mol. The van der Waals surface area contributed by atoms with Crippen LogP contribution in [0.3, 0.4) is 0 Å². The predicted octanol–water partition coefficient (Wildman–Crippen LogP) is -0.905. The molecule has 0 aromatic heterocycles. The zero-order valence-corrected chi connectivity index (χ0v) is 4.58. The third kappa shape index (κ3) is 0.992. The number of ether oxygens (including phenoxy) is 1. The Kier molecular flexibility index (Phi) is 1.44. The second-order valence-electron chi connectivity index (χ2n) is 1.88. The summed E-state index contributed by atoms with van der Waals surface area (Å²) in [4.78, 5) is 0. The fourth-order valence-electron chi connectivity index (χ4n) is 0.733. The van der Waals surface area contributed by atoms with Gasteiger partial charge in [-0.3, -0.25) is 0 Å². The lowest BCUT2D eigenvalue weighted by Gasteiger charge is -2.08. The third-order valence-corrected chi connectivity index (χ3v) is 1.27. The molecule has 0 bridgehead atoms. The summed E-state index contributed by atoms with van der Waals surface area (Å²) < 4.78 is 12.0. The minimum atomic E-state index is -0.575. The first kappa shape index (κ1) is 4.73. The number of hydrogen-bond acceptors (Lipinski definition) is 3. The summed E-state index contributed by atoms with van der Waals surface area (Å²) in [5.41, 5.74) is 5.22. The van der Waals surface area contributed by atoms with Crippen molar-refractivity contribution in [3.63, 3.8) is 0 Å². The second kappa shape index (κ2) is 2.44. The molecule has 1 fully saturated rings. The van der Waals surface area contributed by atoms with Gasteiger partial charge in [0.15, 0.2) is 0 Å². The molecule has 0 amide bonds. The molecule has 48 valence electrons. The Labute approximate surface area is 49.8 Å². The molecule has 0 unspecified atom stereocenters. The van der Waals surface area contributed by atoms with Gasteiger partial charge in [0.05, 0.1) is 13.6 Å². The molecular weight excluding hydrogens is 106 g/mol. The van der Waals surface area contributed by atoms with Crippen molar-refractivity contribution in [1.82, 2.24) is 0 Å². The van der Waals surface area contributed by atoms with Crippen molar-refractivity contribution in [2.45, 2.75) is 18.6 Å². The SMILES string of the molecule is [3H][C@H]1C[C@H](O)[C@@H](CN)O1. The van der Waals surface area contributed by atoms with Crippen LogP contribution in [0.5, 0.6) is 0 Å². The molecule has 0 aromatic rings. The molecule has 1 heterocycles. The van der Waals surface area contributed by atoms with E-state index in [9.17, 15) is 0 Å². The van der Waals surface area contributed by atoms with Gasteiger partial charge in [0, 0.05) is 13.1 Å². The van der Waals surface area contributed by atoms with Gasteiger partial charge in [-0.2, -0.15) is 0 Å². The first-order chi connectivity index (χ1) is 4.24. The van der Waals surface area contributed by atoms with Crippen molar-refractivity contribution >= 4 is 0 Å². The highest BCUT2D eigenvalue weighted by Gasteiger charge is 2.23. The van der Waals surface area contributed by atoms with Crippen molar-refractivity contribution in [3.05, 3.63) is 0 Å². The molecule has 1 aliphatic heterocycles. The van der Waals surface area contributed by atoms with E-state index in [1.165, 1.54) is 0 Å². The molecule has 3 atom stereocenters. The van der Waals surface area contributed by atoms with Gasteiger partial charge in [-0.25, -0.2) is 0 Å². The minimum absolute atomic E-state index is 0.302. The van der Waals surface area contributed by atoms with E-state index in [2.05, 4.69) is 0 Å². The average Bonchev–Trinajstić information content (AvgIpc) is 2.10. The minimum Gasteiger partial charge on any atom is -0.390 e. The Hall–Kier alpha value is -0.120. The highest BCUT2D eigenvalue weighted by molar-refractivity contribution is 4.74. The topological polar surface area (TPSA) is 55.5 Å². The van der Waals surface area contributed by atoms with E-state index in [-0.39, 0.29) is 6.10 Å². The zero-order chi connectivity index (χ0) is 6.85. The fraction of sp³-hybridized carbons (Fsp3) is 1.00. The van der Waals surface area contributed by atoms with Gasteiger partial charge < -0.3 is 15.6 Å². The van der Waals surface area contributed by atoms with Crippen molar-refractivity contribution in [3.8, 4) is 0 Å². The van der Waals surface area contributed by atoms with Crippen LogP contribution in [0.1, 0.15) is 7.79 Å². The Bertz CT molecular complexity index is 101. The van der Waals surface area contributed by atoms with E-state index in [4.69, 9.17) is 16.9 Å². The quantitative estimate of drug-likeness (QED) is 0.470. The standard InChI is InChI=1S/C5H11NO2/c6-3-5-4(7)1-2-8-5/h4-5,7H,1-3,6H2/t4-,5+/m0/s1/i2T/t2-,4-,5+. The first-order valence-electron chi connectivity index (χ1n) is 3.27. The Morgan fingerprint density at radius 2 is 2.75 bits per heavy atom. The van der Waals surface area contributed by atoms with Crippen molar-refractivity contribution < 1.29 is 11.2 Å². The van der Waals surface area contributed by atoms with E-state index in [0.717, 1.165) is 0 Å². The molecule has 0 aromatic carbocycles. The summed E-state index contributed by atoms with van der Waals surface area (Å²) in [6.07, 6.45) is -0.452. The van der Waals surface area contributed by atoms with Crippen LogP contribution >= 0.6 is 0 Å². The molecule has 0 radical (unpaired) electrons. The molecule has 3 heteroatoms. The van der Waals surface area contributed by atoms with Crippen LogP contribution in [0.25, 0.3) is 0 Å². The van der Waals surface area contributed by atoms with Crippen LogP contribution < -0.4 is 5.73 Å². The first-order valence-corrected chi connectivity index (χ1v) is 2.70. The zero-order valence-electron chi connectivity index (χ0n) is 5.58. The molecule has 1 rings (SSSR count). The van der Waals surface area contributed by atoms with Crippen LogP contribution in [-0.2, 0) is 4.74 Å². The lowest BCUT2D eigenvalue weighted by atomic mass is 10.2. The largest absolute Gasteiger partial charge is 0.390 e. The van der Waals surface area contributed by atoms with Crippen LogP contribution in [0, 0.1) is 0 Å². The summed E-state index contributed by atoms with van der Waals surface area (Å²) in [5, 5.41) is 9.03. The molecule has 3 nitrogen and oxygen atoms in total. The summed E-state index contributed by atoms with van der Waals surface area (Å²) in [6.45, 7) is -0.273. The van der Waals surface area contributed by atoms with E-state index >= 15 is 0 Å². The van der Waals surface area contributed by atoms with Crippen LogP contribution in [0.2, 0.25) is 0 Å². The molecule has 1 aliphatic rings.